The number of fused-ring (bicyclic) bond motifs is 1. The summed E-state index contributed by atoms with van der Waals surface area (Å²) >= 11 is 0. The molecule has 3 atom stereocenters. The van der Waals surface area contributed by atoms with Crippen LogP contribution in [0.2, 0.25) is 0 Å². The van der Waals surface area contributed by atoms with Crippen LogP contribution in [-0.2, 0) is 4.79 Å². The predicted octanol–water partition coefficient (Wildman–Crippen LogP) is 4.74. The van der Waals surface area contributed by atoms with Crippen LogP contribution in [-0.4, -0.2) is 38.8 Å². The number of pyridine rings is 1. The topological polar surface area (TPSA) is 107 Å². The molecule has 8 nitrogen and oxygen atoms in total. The normalized spacial score (nSPS) is 23.1. The minimum atomic E-state index is -0.516. The van der Waals surface area contributed by atoms with E-state index in [0.717, 1.165) is 11.3 Å². The molecule has 2 aliphatic rings. The molecule has 8 heteroatoms. The molecule has 1 saturated heterocycles. The van der Waals surface area contributed by atoms with Crippen molar-refractivity contribution in [1.82, 2.24) is 20.5 Å². The van der Waals surface area contributed by atoms with Crippen LogP contribution in [0, 0.1) is 23.7 Å². The number of amides is 2. The molecule has 0 spiro atoms. The van der Waals surface area contributed by atoms with E-state index in [4.69, 9.17) is 16.6 Å². The van der Waals surface area contributed by atoms with Crippen molar-refractivity contribution in [2.75, 3.05) is 0 Å². The molecule has 0 bridgehead atoms. The fourth-order valence-corrected chi connectivity index (χ4v) is 5.18. The first kappa shape index (κ1) is 27.2. The fourth-order valence-electron chi connectivity index (χ4n) is 5.18. The van der Waals surface area contributed by atoms with E-state index in [1.54, 1.807) is 12.3 Å². The van der Waals surface area contributed by atoms with Gasteiger partial charge < -0.3 is 15.4 Å². The van der Waals surface area contributed by atoms with E-state index in [0.29, 0.717) is 30.4 Å². The Hall–Kier alpha value is -3.86. The molecule has 2 amide bonds. The number of rotatable bonds is 7. The van der Waals surface area contributed by atoms with Crippen LogP contribution in [0.3, 0.4) is 0 Å². The van der Waals surface area contributed by atoms with Crippen LogP contribution in [0.25, 0.3) is 0 Å². The Labute approximate surface area is 225 Å². The second kappa shape index (κ2) is 10.5. The molecule has 0 aliphatic carbocycles. The van der Waals surface area contributed by atoms with Gasteiger partial charge in [-0.25, -0.2) is 0 Å². The predicted molar refractivity (Wildman–Crippen MR) is 147 cm³/mol. The number of terminal acetylenes is 1. The Balaban J connectivity index is 1.60. The minimum Gasteiger partial charge on any atom is -0.487 e. The summed E-state index contributed by atoms with van der Waals surface area (Å²) in [7, 11) is 0. The molecule has 2 aliphatic heterocycles. The lowest BCUT2D eigenvalue weighted by Gasteiger charge is -2.45. The monoisotopic (exact) mass is 515 g/mol. The van der Waals surface area contributed by atoms with Crippen LogP contribution in [0.1, 0.15) is 93.9 Å². The maximum Gasteiger partial charge on any atom is 0.253 e. The van der Waals surface area contributed by atoms with Gasteiger partial charge in [0, 0.05) is 36.3 Å². The summed E-state index contributed by atoms with van der Waals surface area (Å²) < 4.78 is 6.10. The van der Waals surface area contributed by atoms with Gasteiger partial charge in [0.1, 0.15) is 11.4 Å². The summed E-state index contributed by atoms with van der Waals surface area (Å²) in [5.74, 6) is 3.18. The highest BCUT2D eigenvalue weighted by atomic mass is 16.5. The highest BCUT2D eigenvalue weighted by Crippen LogP contribution is 2.39. The Morgan fingerprint density at radius 1 is 1.32 bits per heavy atom. The molecule has 1 aromatic carbocycles. The smallest absolute Gasteiger partial charge is 0.253 e. The summed E-state index contributed by atoms with van der Waals surface area (Å²) in [4.78, 5) is 32.6. The van der Waals surface area contributed by atoms with Crippen LogP contribution < -0.4 is 15.4 Å². The van der Waals surface area contributed by atoms with Gasteiger partial charge in [0.25, 0.3) is 5.91 Å². The number of hydrogen-bond donors (Lipinski definition) is 3. The second-order valence-electron chi connectivity index (χ2n) is 11.4. The van der Waals surface area contributed by atoms with Crippen molar-refractivity contribution in [3.05, 3.63) is 59.4 Å². The van der Waals surface area contributed by atoms with Gasteiger partial charge in [0.05, 0.1) is 24.1 Å². The average Bonchev–Trinajstić information content (AvgIpc) is 2.84. The van der Waals surface area contributed by atoms with Crippen LogP contribution >= 0.6 is 0 Å². The number of carbonyl (C=O) groups is 2. The SMILES string of the molecule is C#CCC[C@H](c1cncc(C(=O)N[C@H]2CC(C)(C)Oc3ccccc32)c1)N1C(=N)N[C@](C)(C(C)C)CC1=O. The van der Waals surface area contributed by atoms with E-state index in [-0.39, 0.29) is 36.2 Å². The van der Waals surface area contributed by atoms with Crippen LogP contribution in [0.5, 0.6) is 5.75 Å². The third-order valence-electron chi connectivity index (χ3n) is 7.67. The van der Waals surface area contributed by atoms with Gasteiger partial charge in [-0.3, -0.25) is 24.9 Å². The van der Waals surface area contributed by atoms with E-state index in [1.807, 2.05) is 58.9 Å². The Kier molecular flexibility index (Phi) is 7.50. The summed E-state index contributed by atoms with van der Waals surface area (Å²) in [6.07, 6.45) is 10.5. The number of ether oxygens (including phenoxy) is 1. The van der Waals surface area contributed by atoms with Crippen molar-refractivity contribution in [2.45, 2.75) is 83.5 Å². The third kappa shape index (κ3) is 5.52. The molecule has 3 heterocycles. The van der Waals surface area contributed by atoms with Gasteiger partial charge in [-0.2, -0.15) is 0 Å². The van der Waals surface area contributed by atoms with E-state index in [9.17, 15) is 9.59 Å². The van der Waals surface area contributed by atoms with Gasteiger partial charge in [-0.1, -0.05) is 32.0 Å². The Morgan fingerprint density at radius 2 is 2.05 bits per heavy atom. The third-order valence-corrected chi connectivity index (χ3v) is 7.67. The lowest BCUT2D eigenvalue weighted by molar-refractivity contribution is -0.133. The van der Waals surface area contributed by atoms with Gasteiger partial charge >= 0.3 is 0 Å². The van der Waals surface area contributed by atoms with Gasteiger partial charge in [0.15, 0.2) is 5.96 Å². The Bertz CT molecular complexity index is 1260. The lowest BCUT2D eigenvalue weighted by atomic mass is 9.83. The number of benzene rings is 1. The number of hydrogen-bond acceptors (Lipinski definition) is 5. The number of nitrogens with one attached hydrogen (secondary N) is 3. The van der Waals surface area contributed by atoms with E-state index in [1.165, 1.54) is 11.1 Å². The van der Waals surface area contributed by atoms with Crippen molar-refractivity contribution in [3.8, 4) is 18.1 Å². The zero-order valence-corrected chi connectivity index (χ0v) is 22.8. The number of nitrogens with zero attached hydrogens (tertiary/aromatic N) is 2. The molecule has 0 saturated carbocycles. The van der Waals surface area contributed by atoms with Crippen LogP contribution in [0.4, 0.5) is 0 Å². The largest absolute Gasteiger partial charge is 0.487 e. The fraction of sp³-hybridized carbons (Fsp3) is 0.467. The molecule has 1 fully saturated rings. The highest BCUT2D eigenvalue weighted by Gasteiger charge is 2.43. The first-order valence-electron chi connectivity index (χ1n) is 13.1. The van der Waals surface area contributed by atoms with Crippen LogP contribution in [0.15, 0.2) is 42.7 Å². The van der Waals surface area contributed by atoms with E-state index in [2.05, 4.69) is 21.5 Å². The Morgan fingerprint density at radius 3 is 2.74 bits per heavy atom. The van der Waals surface area contributed by atoms with Crippen molar-refractivity contribution in [2.24, 2.45) is 5.92 Å². The molecular weight excluding hydrogens is 478 g/mol. The summed E-state index contributed by atoms with van der Waals surface area (Å²) in [6.45, 7) is 10.0. The van der Waals surface area contributed by atoms with E-state index < -0.39 is 17.2 Å². The molecule has 38 heavy (non-hydrogen) atoms. The van der Waals surface area contributed by atoms with Gasteiger partial charge in [0.2, 0.25) is 5.91 Å². The lowest BCUT2D eigenvalue weighted by Crippen LogP contribution is -2.63. The molecule has 1 aromatic heterocycles. The number of guanidine groups is 1. The van der Waals surface area contributed by atoms with Crippen molar-refractivity contribution in [3.63, 3.8) is 0 Å². The zero-order valence-electron chi connectivity index (χ0n) is 22.8. The summed E-state index contributed by atoms with van der Waals surface area (Å²) in [5.41, 5.74) is 1.04. The second-order valence-corrected chi connectivity index (χ2v) is 11.4. The minimum absolute atomic E-state index is 0.0374. The first-order chi connectivity index (χ1) is 17.9. The number of para-hydroxylation sites is 1. The van der Waals surface area contributed by atoms with Crippen molar-refractivity contribution in [1.29, 1.82) is 5.41 Å². The van der Waals surface area contributed by atoms with E-state index >= 15 is 0 Å². The number of aromatic nitrogens is 1. The molecular formula is C30H37N5O3. The standard InChI is InChI=1S/C30H37N5O3/c1-7-8-12-24(35-26(36)16-30(6,19(2)3)34-28(35)31)20-14-21(18-32-17-20)27(37)33-23-15-29(4,5)38-25-13-10-9-11-22(23)25/h1,9-11,13-14,17-19,23-24H,8,12,15-16H2,2-6H3,(H2,31,34)(H,33,37)/t23-,24+,30-/m0/s1. The highest BCUT2D eigenvalue weighted by molar-refractivity contribution is 6.00. The summed E-state index contributed by atoms with van der Waals surface area (Å²) in [5, 5.41) is 15.1. The zero-order chi connectivity index (χ0) is 27.7. The van der Waals surface area contributed by atoms with Crippen molar-refractivity contribution < 1.29 is 14.3 Å². The molecule has 0 unspecified atom stereocenters. The molecule has 2 aromatic rings. The number of carbonyl (C=O) groups excluding carboxylic acids is 2. The maximum atomic E-state index is 13.4. The average molecular weight is 516 g/mol. The van der Waals surface area contributed by atoms with Gasteiger partial charge in [-0.15, -0.1) is 12.3 Å². The summed E-state index contributed by atoms with van der Waals surface area (Å²) in [6, 6.07) is 8.73. The van der Waals surface area contributed by atoms with Gasteiger partial charge in [-0.05, 0) is 50.8 Å². The molecule has 4 rings (SSSR count). The quantitative estimate of drug-likeness (QED) is 0.462. The molecule has 0 radical (unpaired) electrons. The van der Waals surface area contributed by atoms with Crippen molar-refractivity contribution >= 4 is 17.8 Å². The first-order valence-corrected chi connectivity index (χ1v) is 13.1. The molecule has 200 valence electrons. The maximum absolute atomic E-state index is 13.4. The molecule has 3 N–H and O–H groups in total.